The van der Waals surface area contributed by atoms with Gasteiger partial charge in [0.25, 0.3) is 0 Å². The zero-order valence-electron chi connectivity index (χ0n) is 11.3. The molecular formula is C13H17NO6. The van der Waals surface area contributed by atoms with E-state index in [1.165, 1.54) is 25.3 Å². The van der Waals surface area contributed by atoms with Crippen LogP contribution in [0, 0.1) is 0 Å². The van der Waals surface area contributed by atoms with Gasteiger partial charge < -0.3 is 19.7 Å². The molecule has 7 heteroatoms. The molecule has 2 unspecified atom stereocenters. The molecule has 0 spiro atoms. The molecule has 0 bridgehead atoms. The highest BCUT2D eigenvalue weighted by molar-refractivity contribution is 5.87. The molecule has 0 aromatic carbocycles. The Hall–Kier alpha value is -1.99. The first kappa shape index (κ1) is 16.1. The third-order valence-corrected chi connectivity index (χ3v) is 2.51. The van der Waals surface area contributed by atoms with Gasteiger partial charge in [-0.15, -0.1) is 0 Å². The van der Waals surface area contributed by atoms with E-state index in [1.807, 2.05) is 0 Å². The fraction of sp³-hybridized carbons (Fsp3) is 0.462. The van der Waals surface area contributed by atoms with Gasteiger partial charge in [0.2, 0.25) is 0 Å². The van der Waals surface area contributed by atoms with Crippen molar-refractivity contribution in [1.29, 1.82) is 0 Å². The number of methoxy groups -OCH3 is 1. The first-order valence-electron chi connectivity index (χ1n) is 6.06. The second kappa shape index (κ2) is 7.56. The van der Waals surface area contributed by atoms with Gasteiger partial charge in [-0.25, -0.2) is 9.78 Å². The van der Waals surface area contributed by atoms with Gasteiger partial charge in [0, 0.05) is 0 Å². The number of hydrogen-bond acceptors (Lipinski definition) is 7. The molecule has 0 amide bonds. The standard InChI is InChI=1S/C13H17NO6/c1-3-20-11(16)7-10(15)12(17)8-5-4-6-9(14-8)13(18)19-2/h4-6,10,12,15,17H,3,7H2,1-2H3. The van der Waals surface area contributed by atoms with Crippen molar-refractivity contribution < 1.29 is 29.3 Å². The van der Waals surface area contributed by atoms with Crippen LogP contribution in [-0.4, -0.2) is 47.0 Å². The van der Waals surface area contributed by atoms with E-state index in [9.17, 15) is 19.8 Å². The number of esters is 2. The van der Waals surface area contributed by atoms with Crippen LogP contribution in [0.4, 0.5) is 0 Å². The van der Waals surface area contributed by atoms with Crippen molar-refractivity contribution in [1.82, 2.24) is 4.98 Å². The minimum Gasteiger partial charge on any atom is -0.466 e. The number of pyridine rings is 1. The van der Waals surface area contributed by atoms with Crippen LogP contribution in [-0.2, 0) is 14.3 Å². The number of carbonyl (C=O) groups excluding carboxylic acids is 2. The molecule has 1 rings (SSSR count). The predicted octanol–water partition coefficient (Wildman–Crippen LogP) is 0.216. The number of aromatic nitrogens is 1. The van der Waals surface area contributed by atoms with Gasteiger partial charge >= 0.3 is 11.9 Å². The summed E-state index contributed by atoms with van der Waals surface area (Å²) in [6, 6.07) is 4.35. The summed E-state index contributed by atoms with van der Waals surface area (Å²) in [5.41, 5.74) is 0.0806. The number of rotatable bonds is 6. The average molecular weight is 283 g/mol. The molecule has 1 aromatic rings. The van der Waals surface area contributed by atoms with E-state index in [2.05, 4.69) is 14.5 Å². The molecule has 0 saturated heterocycles. The summed E-state index contributed by atoms with van der Waals surface area (Å²) in [6.07, 6.45) is -3.13. The lowest BCUT2D eigenvalue weighted by molar-refractivity contribution is -0.147. The largest absolute Gasteiger partial charge is 0.466 e. The van der Waals surface area contributed by atoms with Crippen molar-refractivity contribution >= 4 is 11.9 Å². The predicted molar refractivity (Wildman–Crippen MR) is 67.8 cm³/mol. The Bertz CT molecular complexity index is 476. The Morgan fingerprint density at radius 2 is 2.05 bits per heavy atom. The molecule has 0 fully saturated rings. The first-order chi connectivity index (χ1) is 9.49. The van der Waals surface area contributed by atoms with Gasteiger partial charge in [-0.1, -0.05) is 6.07 Å². The highest BCUT2D eigenvalue weighted by atomic mass is 16.5. The van der Waals surface area contributed by atoms with Crippen LogP contribution in [0.5, 0.6) is 0 Å². The Morgan fingerprint density at radius 1 is 1.35 bits per heavy atom. The smallest absolute Gasteiger partial charge is 0.356 e. The van der Waals surface area contributed by atoms with Gasteiger partial charge in [0.05, 0.1) is 31.9 Å². The topological polar surface area (TPSA) is 106 Å². The molecule has 0 radical (unpaired) electrons. The zero-order chi connectivity index (χ0) is 15.1. The SMILES string of the molecule is CCOC(=O)CC(O)C(O)c1cccc(C(=O)OC)n1. The van der Waals surface area contributed by atoms with Crippen LogP contribution in [0.25, 0.3) is 0 Å². The van der Waals surface area contributed by atoms with E-state index in [4.69, 9.17) is 0 Å². The van der Waals surface area contributed by atoms with Crippen LogP contribution in [0.2, 0.25) is 0 Å². The lowest BCUT2D eigenvalue weighted by atomic mass is 10.1. The summed E-state index contributed by atoms with van der Waals surface area (Å²) < 4.78 is 9.18. The Morgan fingerprint density at radius 3 is 2.65 bits per heavy atom. The normalized spacial score (nSPS) is 13.4. The number of aliphatic hydroxyl groups excluding tert-OH is 2. The third-order valence-electron chi connectivity index (χ3n) is 2.51. The fourth-order valence-electron chi connectivity index (χ4n) is 1.53. The Labute approximate surface area is 116 Å². The summed E-state index contributed by atoms with van der Waals surface area (Å²) in [4.78, 5) is 26.4. The molecular weight excluding hydrogens is 266 g/mol. The van der Waals surface area contributed by atoms with Crippen LogP contribution in [0.15, 0.2) is 18.2 Å². The lowest BCUT2D eigenvalue weighted by Gasteiger charge is -2.16. The first-order valence-corrected chi connectivity index (χ1v) is 6.06. The molecule has 2 atom stereocenters. The summed E-state index contributed by atoms with van der Waals surface area (Å²) in [5, 5.41) is 19.7. The van der Waals surface area contributed by atoms with Crippen molar-refractivity contribution in [2.75, 3.05) is 13.7 Å². The number of aliphatic hydroxyl groups is 2. The van der Waals surface area contributed by atoms with Gasteiger partial charge in [0.1, 0.15) is 11.8 Å². The van der Waals surface area contributed by atoms with Crippen molar-refractivity contribution in [3.8, 4) is 0 Å². The van der Waals surface area contributed by atoms with Crippen LogP contribution in [0.1, 0.15) is 35.6 Å². The Balaban J connectivity index is 2.78. The number of carbonyl (C=O) groups is 2. The quantitative estimate of drug-likeness (QED) is 0.719. The minimum absolute atomic E-state index is 0.00684. The van der Waals surface area contributed by atoms with E-state index in [-0.39, 0.29) is 24.4 Å². The second-order valence-electron chi connectivity index (χ2n) is 3.96. The van der Waals surface area contributed by atoms with Gasteiger partial charge in [-0.3, -0.25) is 4.79 Å². The van der Waals surface area contributed by atoms with Crippen LogP contribution < -0.4 is 0 Å². The summed E-state index contributed by atoms with van der Waals surface area (Å²) in [7, 11) is 1.21. The zero-order valence-corrected chi connectivity index (χ0v) is 11.3. The molecule has 0 aliphatic carbocycles. The van der Waals surface area contributed by atoms with E-state index in [0.717, 1.165) is 0 Å². The Kier molecular flexibility index (Phi) is 6.08. The third kappa shape index (κ3) is 4.29. The maximum Gasteiger partial charge on any atom is 0.356 e. The molecule has 0 aliphatic heterocycles. The molecule has 20 heavy (non-hydrogen) atoms. The van der Waals surface area contributed by atoms with Gasteiger partial charge in [-0.05, 0) is 19.1 Å². The molecule has 2 N–H and O–H groups in total. The van der Waals surface area contributed by atoms with Crippen molar-refractivity contribution in [2.24, 2.45) is 0 Å². The van der Waals surface area contributed by atoms with Gasteiger partial charge in [-0.2, -0.15) is 0 Å². The van der Waals surface area contributed by atoms with E-state index < -0.39 is 24.1 Å². The highest BCUT2D eigenvalue weighted by Crippen LogP contribution is 2.18. The van der Waals surface area contributed by atoms with Gasteiger partial charge in [0.15, 0.2) is 0 Å². The molecule has 0 aliphatic rings. The number of ether oxygens (including phenoxy) is 2. The summed E-state index contributed by atoms with van der Waals surface area (Å²) in [5.74, 6) is -1.28. The summed E-state index contributed by atoms with van der Waals surface area (Å²) >= 11 is 0. The van der Waals surface area contributed by atoms with Crippen molar-refractivity contribution in [3.63, 3.8) is 0 Å². The molecule has 1 heterocycles. The second-order valence-corrected chi connectivity index (χ2v) is 3.96. The van der Waals surface area contributed by atoms with E-state index in [0.29, 0.717) is 0 Å². The summed E-state index contributed by atoms with van der Waals surface area (Å²) in [6.45, 7) is 1.83. The van der Waals surface area contributed by atoms with Crippen LogP contribution in [0.3, 0.4) is 0 Å². The molecule has 110 valence electrons. The average Bonchev–Trinajstić information content (AvgIpc) is 2.45. The highest BCUT2D eigenvalue weighted by Gasteiger charge is 2.24. The lowest BCUT2D eigenvalue weighted by Crippen LogP contribution is -2.24. The maximum atomic E-state index is 11.3. The molecule has 0 saturated carbocycles. The number of hydrogen-bond donors (Lipinski definition) is 2. The monoisotopic (exact) mass is 283 g/mol. The van der Waals surface area contributed by atoms with E-state index in [1.54, 1.807) is 6.92 Å². The van der Waals surface area contributed by atoms with Crippen molar-refractivity contribution in [3.05, 3.63) is 29.6 Å². The van der Waals surface area contributed by atoms with Crippen molar-refractivity contribution in [2.45, 2.75) is 25.6 Å². The molecule has 7 nitrogen and oxygen atoms in total. The molecule has 1 aromatic heterocycles. The minimum atomic E-state index is -1.40. The van der Waals surface area contributed by atoms with E-state index >= 15 is 0 Å². The maximum absolute atomic E-state index is 11.3. The number of nitrogens with zero attached hydrogens (tertiary/aromatic N) is 1. The van der Waals surface area contributed by atoms with Crippen LogP contribution >= 0.6 is 0 Å². The fourth-order valence-corrected chi connectivity index (χ4v) is 1.53.